The van der Waals surface area contributed by atoms with Crippen molar-refractivity contribution in [1.29, 1.82) is 0 Å². The second-order valence-electron chi connectivity index (χ2n) is 5.25. The van der Waals surface area contributed by atoms with E-state index in [1.165, 1.54) is 32.1 Å². The third kappa shape index (κ3) is 3.44. The Balaban J connectivity index is 1.75. The highest BCUT2D eigenvalue weighted by atomic mass is 16.5. The van der Waals surface area contributed by atoms with Gasteiger partial charge in [-0.1, -0.05) is 6.92 Å². The van der Waals surface area contributed by atoms with E-state index in [1.54, 1.807) is 0 Å². The van der Waals surface area contributed by atoms with E-state index in [4.69, 9.17) is 4.74 Å². The van der Waals surface area contributed by atoms with Crippen LogP contribution in [-0.2, 0) is 4.74 Å². The van der Waals surface area contributed by atoms with Gasteiger partial charge in [0.25, 0.3) is 0 Å². The van der Waals surface area contributed by atoms with Crippen LogP contribution in [0.5, 0.6) is 0 Å². The molecule has 1 saturated carbocycles. The van der Waals surface area contributed by atoms with E-state index in [1.807, 2.05) is 0 Å². The van der Waals surface area contributed by atoms with Crippen LogP contribution < -0.4 is 5.32 Å². The highest BCUT2D eigenvalue weighted by Crippen LogP contribution is 2.20. The first-order valence-corrected chi connectivity index (χ1v) is 6.84. The molecule has 0 aromatic carbocycles. The van der Waals surface area contributed by atoms with Crippen molar-refractivity contribution in [3.05, 3.63) is 0 Å². The lowest BCUT2D eigenvalue weighted by Crippen LogP contribution is -2.47. The molecule has 2 fully saturated rings. The van der Waals surface area contributed by atoms with Crippen molar-refractivity contribution in [3.8, 4) is 0 Å². The van der Waals surface area contributed by atoms with Crippen LogP contribution in [0.4, 0.5) is 0 Å². The van der Waals surface area contributed by atoms with E-state index in [2.05, 4.69) is 24.2 Å². The molecule has 1 saturated heterocycles. The summed E-state index contributed by atoms with van der Waals surface area (Å²) < 4.78 is 5.43. The summed E-state index contributed by atoms with van der Waals surface area (Å²) in [5.41, 5.74) is 0. The second kappa shape index (κ2) is 5.99. The van der Waals surface area contributed by atoms with Crippen molar-refractivity contribution in [3.63, 3.8) is 0 Å². The van der Waals surface area contributed by atoms with Crippen molar-refractivity contribution >= 4 is 0 Å². The van der Waals surface area contributed by atoms with Gasteiger partial charge < -0.3 is 10.1 Å². The fourth-order valence-electron chi connectivity index (χ4n) is 2.56. The minimum atomic E-state index is 0.698. The van der Waals surface area contributed by atoms with Crippen LogP contribution in [0, 0.1) is 0 Å². The summed E-state index contributed by atoms with van der Waals surface area (Å²) in [7, 11) is 2.29. The number of likely N-dealkylation sites (N-methyl/N-ethyl adjacent to an activating group) is 1. The lowest BCUT2D eigenvalue weighted by atomic mass is 10.0. The molecule has 0 spiro atoms. The highest BCUT2D eigenvalue weighted by Gasteiger charge is 2.26. The van der Waals surface area contributed by atoms with Crippen LogP contribution in [-0.4, -0.2) is 49.8 Å². The first kappa shape index (κ1) is 12.3. The molecule has 1 atom stereocenters. The van der Waals surface area contributed by atoms with Gasteiger partial charge in [-0.25, -0.2) is 0 Å². The molecule has 1 N–H and O–H groups in total. The van der Waals surface area contributed by atoms with Crippen molar-refractivity contribution < 1.29 is 4.74 Å². The average molecular weight is 226 g/mol. The fraction of sp³-hybridized carbons (Fsp3) is 1.00. The zero-order valence-electron chi connectivity index (χ0n) is 10.7. The van der Waals surface area contributed by atoms with Crippen LogP contribution >= 0.6 is 0 Å². The number of hydrogen-bond acceptors (Lipinski definition) is 3. The number of hydrogen-bond donors (Lipinski definition) is 1. The minimum absolute atomic E-state index is 0.698. The molecule has 3 heteroatoms. The molecule has 94 valence electrons. The van der Waals surface area contributed by atoms with E-state index in [0.717, 1.165) is 31.8 Å². The number of rotatable bonds is 6. The highest BCUT2D eigenvalue weighted by molar-refractivity contribution is 4.85. The van der Waals surface area contributed by atoms with Gasteiger partial charge in [0.15, 0.2) is 0 Å². The Labute approximate surface area is 99.5 Å². The summed E-state index contributed by atoms with van der Waals surface area (Å²) in [6, 6.07) is 2.26. The topological polar surface area (TPSA) is 24.5 Å². The Morgan fingerprint density at radius 1 is 1.25 bits per heavy atom. The van der Waals surface area contributed by atoms with Gasteiger partial charge in [-0.2, -0.15) is 0 Å². The van der Waals surface area contributed by atoms with Crippen molar-refractivity contribution in [1.82, 2.24) is 10.2 Å². The second-order valence-corrected chi connectivity index (χ2v) is 5.25. The van der Waals surface area contributed by atoms with Crippen LogP contribution in [0.15, 0.2) is 0 Å². The van der Waals surface area contributed by atoms with Crippen molar-refractivity contribution in [2.45, 2.75) is 57.2 Å². The number of nitrogens with zero attached hydrogens (tertiary/aromatic N) is 1. The quantitative estimate of drug-likeness (QED) is 0.745. The van der Waals surface area contributed by atoms with Crippen LogP contribution in [0.3, 0.4) is 0 Å². The Hall–Kier alpha value is -0.120. The zero-order valence-corrected chi connectivity index (χ0v) is 10.7. The van der Waals surface area contributed by atoms with Gasteiger partial charge in [-0.05, 0) is 39.2 Å². The Morgan fingerprint density at radius 2 is 1.94 bits per heavy atom. The van der Waals surface area contributed by atoms with E-state index in [0.29, 0.717) is 6.04 Å². The normalized spacial score (nSPS) is 24.9. The average Bonchev–Trinajstić information content (AvgIpc) is 3.15. The summed E-state index contributed by atoms with van der Waals surface area (Å²) in [6.07, 6.45) is 6.43. The molecular weight excluding hydrogens is 200 g/mol. The summed E-state index contributed by atoms with van der Waals surface area (Å²) in [5.74, 6) is 0. The van der Waals surface area contributed by atoms with Gasteiger partial charge in [0.2, 0.25) is 0 Å². The maximum Gasteiger partial charge on any atom is 0.0480 e. The Kier molecular flexibility index (Phi) is 4.62. The molecule has 16 heavy (non-hydrogen) atoms. The van der Waals surface area contributed by atoms with Gasteiger partial charge in [0.05, 0.1) is 0 Å². The predicted molar refractivity (Wildman–Crippen MR) is 66.7 cm³/mol. The summed E-state index contributed by atoms with van der Waals surface area (Å²) in [4.78, 5) is 2.58. The molecule has 1 aliphatic heterocycles. The zero-order chi connectivity index (χ0) is 11.4. The first-order chi connectivity index (χ1) is 7.81. The summed E-state index contributed by atoms with van der Waals surface area (Å²) in [6.45, 7) is 5.35. The lowest BCUT2D eigenvalue weighted by molar-refractivity contribution is 0.0277. The van der Waals surface area contributed by atoms with Gasteiger partial charge >= 0.3 is 0 Å². The molecule has 0 radical (unpaired) electrons. The standard InChI is InChI=1S/C13H26N2O/c1-3-12(10-14-11-4-5-11)15(2)13-6-8-16-9-7-13/h11-14H,3-10H2,1-2H3. The first-order valence-electron chi connectivity index (χ1n) is 6.84. The van der Waals surface area contributed by atoms with Gasteiger partial charge in [-0.15, -0.1) is 0 Å². The monoisotopic (exact) mass is 226 g/mol. The maximum absolute atomic E-state index is 5.43. The summed E-state index contributed by atoms with van der Waals surface area (Å²) >= 11 is 0. The summed E-state index contributed by atoms with van der Waals surface area (Å²) in [5, 5.41) is 3.65. The largest absolute Gasteiger partial charge is 0.381 e. The van der Waals surface area contributed by atoms with Crippen LogP contribution in [0.1, 0.15) is 39.0 Å². The van der Waals surface area contributed by atoms with Gasteiger partial charge in [0, 0.05) is 37.9 Å². The molecule has 0 aromatic rings. The van der Waals surface area contributed by atoms with Crippen molar-refractivity contribution in [2.75, 3.05) is 26.8 Å². The molecule has 3 nitrogen and oxygen atoms in total. The minimum Gasteiger partial charge on any atom is -0.381 e. The van der Waals surface area contributed by atoms with E-state index in [9.17, 15) is 0 Å². The predicted octanol–water partition coefficient (Wildman–Crippen LogP) is 1.63. The third-order valence-corrected chi connectivity index (χ3v) is 4.03. The molecule has 2 rings (SSSR count). The van der Waals surface area contributed by atoms with E-state index in [-0.39, 0.29) is 0 Å². The molecule has 0 amide bonds. The third-order valence-electron chi connectivity index (χ3n) is 4.03. The van der Waals surface area contributed by atoms with E-state index >= 15 is 0 Å². The molecule has 0 aromatic heterocycles. The molecule has 2 aliphatic rings. The van der Waals surface area contributed by atoms with Crippen LogP contribution in [0.25, 0.3) is 0 Å². The number of nitrogens with one attached hydrogen (secondary N) is 1. The van der Waals surface area contributed by atoms with Crippen molar-refractivity contribution in [2.24, 2.45) is 0 Å². The number of ether oxygens (including phenoxy) is 1. The molecule has 1 aliphatic carbocycles. The smallest absolute Gasteiger partial charge is 0.0480 e. The molecule has 1 heterocycles. The fourth-order valence-corrected chi connectivity index (χ4v) is 2.56. The molecule has 0 bridgehead atoms. The maximum atomic E-state index is 5.43. The molecule has 1 unspecified atom stereocenters. The van der Waals surface area contributed by atoms with E-state index < -0.39 is 0 Å². The lowest BCUT2D eigenvalue weighted by Gasteiger charge is -2.37. The SMILES string of the molecule is CCC(CNC1CC1)N(C)C1CCOCC1. The Bertz CT molecular complexity index is 200. The van der Waals surface area contributed by atoms with Gasteiger partial charge in [0.1, 0.15) is 0 Å². The van der Waals surface area contributed by atoms with Crippen LogP contribution in [0.2, 0.25) is 0 Å². The van der Waals surface area contributed by atoms with Gasteiger partial charge in [-0.3, -0.25) is 4.90 Å². The Morgan fingerprint density at radius 3 is 2.50 bits per heavy atom. The molecular formula is C13H26N2O.